The van der Waals surface area contributed by atoms with Gasteiger partial charge in [-0.1, -0.05) is 85.6 Å². The van der Waals surface area contributed by atoms with Crippen molar-refractivity contribution in [2.45, 2.75) is 38.8 Å². The Balaban J connectivity index is 1.91. The van der Waals surface area contributed by atoms with Crippen molar-refractivity contribution in [2.75, 3.05) is 20.3 Å². The second-order valence-electron chi connectivity index (χ2n) is 8.40. The zero-order valence-electron chi connectivity index (χ0n) is 20.8. The molecule has 6 nitrogen and oxygen atoms in total. The number of hydrogen-bond donors (Lipinski definition) is 1. The van der Waals surface area contributed by atoms with Gasteiger partial charge in [0.15, 0.2) is 18.1 Å². The average molecular weight is 509 g/mol. The lowest BCUT2D eigenvalue weighted by Gasteiger charge is -2.31. The number of benzene rings is 3. The Morgan fingerprint density at radius 1 is 0.944 bits per heavy atom. The molecule has 0 unspecified atom stereocenters. The minimum Gasteiger partial charge on any atom is -0.493 e. The van der Waals surface area contributed by atoms with E-state index in [-0.39, 0.29) is 25.0 Å². The van der Waals surface area contributed by atoms with Crippen molar-refractivity contribution in [3.8, 4) is 11.5 Å². The van der Waals surface area contributed by atoms with E-state index in [2.05, 4.69) is 12.2 Å². The van der Waals surface area contributed by atoms with E-state index in [0.717, 1.165) is 24.0 Å². The summed E-state index contributed by atoms with van der Waals surface area (Å²) in [5.74, 6) is 0.455. The standard InChI is InChI=1S/C29H33ClN2O4/c1-3-4-18-31-29(34)25(19-22-12-6-5-7-13-22)32(20-23-14-8-9-15-24(23)30)28(33)21-36-27-17-11-10-16-26(27)35-2/h5-17,25H,3-4,18-21H2,1-2H3,(H,31,34)/t25-/m0/s1. The van der Waals surface area contributed by atoms with Gasteiger partial charge >= 0.3 is 0 Å². The molecule has 3 rings (SSSR count). The molecule has 0 aliphatic carbocycles. The summed E-state index contributed by atoms with van der Waals surface area (Å²) in [4.78, 5) is 28.6. The summed E-state index contributed by atoms with van der Waals surface area (Å²) >= 11 is 6.45. The smallest absolute Gasteiger partial charge is 0.261 e. The Morgan fingerprint density at radius 3 is 2.31 bits per heavy atom. The van der Waals surface area contributed by atoms with Crippen molar-refractivity contribution in [1.29, 1.82) is 0 Å². The summed E-state index contributed by atoms with van der Waals surface area (Å²) in [5, 5.41) is 3.54. The Bertz CT molecular complexity index is 1120. The molecule has 0 fully saturated rings. The molecule has 2 amide bonds. The maximum Gasteiger partial charge on any atom is 0.261 e. The van der Waals surface area contributed by atoms with E-state index < -0.39 is 6.04 Å². The molecular formula is C29H33ClN2O4. The van der Waals surface area contributed by atoms with Crippen LogP contribution in [0.4, 0.5) is 0 Å². The van der Waals surface area contributed by atoms with Gasteiger partial charge < -0.3 is 19.7 Å². The second kappa shape index (κ2) is 14.1. The van der Waals surface area contributed by atoms with Crippen LogP contribution < -0.4 is 14.8 Å². The van der Waals surface area contributed by atoms with Gasteiger partial charge in [-0.3, -0.25) is 9.59 Å². The molecule has 7 heteroatoms. The summed E-state index contributed by atoms with van der Waals surface area (Å²) in [6, 6.07) is 23.4. The number of amides is 2. The number of nitrogens with one attached hydrogen (secondary N) is 1. The number of methoxy groups -OCH3 is 1. The third-order valence-corrected chi connectivity index (χ3v) is 6.19. The number of unbranched alkanes of at least 4 members (excludes halogenated alkanes) is 1. The Labute approximate surface area is 218 Å². The van der Waals surface area contributed by atoms with Gasteiger partial charge in [-0.05, 0) is 35.7 Å². The van der Waals surface area contributed by atoms with Gasteiger partial charge in [-0.2, -0.15) is 0 Å². The minimum absolute atomic E-state index is 0.173. The Morgan fingerprint density at radius 2 is 1.61 bits per heavy atom. The van der Waals surface area contributed by atoms with Crippen LogP contribution in [0.2, 0.25) is 5.02 Å². The number of hydrogen-bond acceptors (Lipinski definition) is 4. The predicted octanol–water partition coefficient (Wildman–Crippen LogP) is 5.28. The van der Waals surface area contributed by atoms with Gasteiger partial charge in [-0.15, -0.1) is 0 Å². The number of carbonyl (C=O) groups is 2. The van der Waals surface area contributed by atoms with E-state index in [0.29, 0.717) is 29.5 Å². The highest BCUT2D eigenvalue weighted by Gasteiger charge is 2.31. The van der Waals surface area contributed by atoms with Gasteiger partial charge in [0.2, 0.25) is 5.91 Å². The van der Waals surface area contributed by atoms with Crippen LogP contribution in [0.25, 0.3) is 0 Å². The van der Waals surface area contributed by atoms with E-state index >= 15 is 0 Å². The predicted molar refractivity (Wildman–Crippen MR) is 142 cm³/mol. The molecule has 1 atom stereocenters. The van der Waals surface area contributed by atoms with Gasteiger partial charge in [0, 0.05) is 24.5 Å². The van der Waals surface area contributed by atoms with Crippen molar-refractivity contribution in [3.63, 3.8) is 0 Å². The van der Waals surface area contributed by atoms with Crippen molar-refractivity contribution >= 4 is 23.4 Å². The van der Waals surface area contributed by atoms with Gasteiger partial charge in [-0.25, -0.2) is 0 Å². The fraction of sp³-hybridized carbons (Fsp3) is 0.310. The molecule has 0 spiro atoms. The van der Waals surface area contributed by atoms with Crippen molar-refractivity contribution in [3.05, 3.63) is 95.0 Å². The largest absolute Gasteiger partial charge is 0.493 e. The molecule has 3 aromatic rings. The van der Waals surface area contributed by atoms with Crippen molar-refractivity contribution in [2.24, 2.45) is 0 Å². The second-order valence-corrected chi connectivity index (χ2v) is 8.81. The van der Waals surface area contributed by atoms with Crippen LogP contribution >= 0.6 is 11.6 Å². The van der Waals surface area contributed by atoms with Crippen LogP contribution in [0, 0.1) is 0 Å². The van der Waals surface area contributed by atoms with Crippen LogP contribution in [-0.2, 0) is 22.6 Å². The average Bonchev–Trinajstić information content (AvgIpc) is 2.91. The van der Waals surface area contributed by atoms with Gasteiger partial charge in [0.05, 0.1) is 7.11 Å². The third kappa shape index (κ3) is 7.75. The lowest BCUT2D eigenvalue weighted by molar-refractivity contribution is -0.142. The highest BCUT2D eigenvalue weighted by molar-refractivity contribution is 6.31. The molecule has 0 radical (unpaired) electrons. The number of nitrogens with zero attached hydrogens (tertiary/aromatic N) is 1. The maximum atomic E-state index is 13.6. The summed E-state index contributed by atoms with van der Waals surface area (Å²) in [7, 11) is 1.55. The highest BCUT2D eigenvalue weighted by atomic mass is 35.5. The van der Waals surface area contributed by atoms with Gasteiger partial charge in [0.1, 0.15) is 6.04 Å². The molecule has 1 N–H and O–H groups in total. The summed E-state index contributed by atoms with van der Waals surface area (Å²) < 4.78 is 11.2. The van der Waals surface area contributed by atoms with Crippen LogP contribution in [0.15, 0.2) is 78.9 Å². The molecular weight excluding hydrogens is 476 g/mol. The number of para-hydroxylation sites is 2. The fourth-order valence-electron chi connectivity index (χ4n) is 3.83. The molecule has 0 saturated carbocycles. The van der Waals surface area contributed by atoms with Crippen LogP contribution in [0.5, 0.6) is 11.5 Å². The molecule has 0 aromatic heterocycles. The lowest BCUT2D eigenvalue weighted by Crippen LogP contribution is -2.51. The quantitative estimate of drug-likeness (QED) is 0.319. The zero-order valence-corrected chi connectivity index (χ0v) is 21.5. The lowest BCUT2D eigenvalue weighted by atomic mass is 10.0. The van der Waals surface area contributed by atoms with Crippen LogP contribution in [0.3, 0.4) is 0 Å². The molecule has 0 bridgehead atoms. The molecule has 0 aliphatic heterocycles. The zero-order chi connectivity index (χ0) is 25.8. The van der Waals surface area contributed by atoms with E-state index in [1.807, 2.05) is 60.7 Å². The van der Waals surface area contributed by atoms with Crippen molar-refractivity contribution in [1.82, 2.24) is 10.2 Å². The summed E-state index contributed by atoms with van der Waals surface area (Å²) in [6.45, 7) is 2.54. The first-order valence-electron chi connectivity index (χ1n) is 12.1. The monoisotopic (exact) mass is 508 g/mol. The molecule has 0 saturated heterocycles. The molecule has 190 valence electrons. The van der Waals surface area contributed by atoms with Crippen molar-refractivity contribution < 1.29 is 19.1 Å². The first-order valence-corrected chi connectivity index (χ1v) is 12.5. The number of ether oxygens (including phenoxy) is 2. The Kier molecular flexibility index (Phi) is 10.6. The SMILES string of the molecule is CCCCNC(=O)[C@H](Cc1ccccc1)N(Cc1ccccc1Cl)C(=O)COc1ccccc1OC. The summed E-state index contributed by atoms with van der Waals surface area (Å²) in [6.07, 6.45) is 2.18. The first-order chi connectivity index (χ1) is 17.5. The normalized spacial score (nSPS) is 11.4. The Hall–Kier alpha value is -3.51. The molecule has 0 aliphatic rings. The highest BCUT2D eigenvalue weighted by Crippen LogP contribution is 2.26. The maximum absolute atomic E-state index is 13.6. The topological polar surface area (TPSA) is 67.9 Å². The number of rotatable bonds is 13. The number of carbonyl (C=O) groups excluding carboxylic acids is 2. The van der Waals surface area contributed by atoms with Crippen LogP contribution in [-0.4, -0.2) is 43.0 Å². The first kappa shape index (κ1) is 27.1. The minimum atomic E-state index is -0.741. The molecule has 0 heterocycles. The number of halogens is 1. The van der Waals surface area contributed by atoms with E-state index in [1.165, 1.54) is 0 Å². The molecule has 3 aromatic carbocycles. The van der Waals surface area contributed by atoms with Crippen LogP contribution in [0.1, 0.15) is 30.9 Å². The van der Waals surface area contributed by atoms with E-state index in [4.69, 9.17) is 21.1 Å². The third-order valence-electron chi connectivity index (χ3n) is 5.82. The van der Waals surface area contributed by atoms with E-state index in [9.17, 15) is 9.59 Å². The summed E-state index contributed by atoms with van der Waals surface area (Å²) in [5.41, 5.74) is 1.71. The van der Waals surface area contributed by atoms with Gasteiger partial charge in [0.25, 0.3) is 5.91 Å². The fourth-order valence-corrected chi connectivity index (χ4v) is 4.03. The molecule has 36 heavy (non-hydrogen) atoms. The van der Waals surface area contributed by atoms with E-state index in [1.54, 1.807) is 30.2 Å².